The van der Waals surface area contributed by atoms with Gasteiger partial charge in [0.25, 0.3) is 0 Å². The van der Waals surface area contributed by atoms with Crippen LogP contribution in [0.2, 0.25) is 0 Å². The third kappa shape index (κ3) is 3.42. The van der Waals surface area contributed by atoms with E-state index in [2.05, 4.69) is 73.9 Å². The molecule has 3 N–H and O–H groups in total. The number of rotatable bonds is 4. The molecule has 5 heteroatoms. The summed E-state index contributed by atoms with van der Waals surface area (Å²) in [5, 5.41) is 2.09. The number of thiophene rings is 1. The first kappa shape index (κ1) is 14.2. The molecule has 1 aromatic carbocycles. The van der Waals surface area contributed by atoms with Crippen molar-refractivity contribution < 1.29 is 0 Å². The first-order valence-electron chi connectivity index (χ1n) is 5.55. The average molecular weight is 390 g/mol. The molecule has 1 aromatic heterocycles. The number of benzene rings is 1. The summed E-state index contributed by atoms with van der Waals surface area (Å²) >= 11 is 8.77. The molecule has 1 unspecified atom stereocenters. The molecule has 0 amide bonds. The number of hydrogen-bond acceptors (Lipinski definition) is 3. The van der Waals surface area contributed by atoms with Crippen LogP contribution in [0, 0.1) is 6.92 Å². The third-order valence-electron chi connectivity index (χ3n) is 2.83. The zero-order chi connectivity index (χ0) is 13.1. The van der Waals surface area contributed by atoms with Crippen molar-refractivity contribution in [2.75, 3.05) is 0 Å². The number of nitrogens with two attached hydrogens (primary N) is 1. The lowest BCUT2D eigenvalue weighted by Crippen LogP contribution is -2.29. The molecule has 0 aliphatic carbocycles. The quantitative estimate of drug-likeness (QED) is 0.603. The van der Waals surface area contributed by atoms with E-state index >= 15 is 0 Å². The minimum atomic E-state index is 0.132. The summed E-state index contributed by atoms with van der Waals surface area (Å²) in [5.74, 6) is 5.68. The molecule has 1 atom stereocenters. The molecule has 2 aromatic rings. The van der Waals surface area contributed by atoms with Crippen molar-refractivity contribution in [1.82, 2.24) is 5.43 Å². The Morgan fingerprint density at radius 1 is 1.33 bits per heavy atom. The van der Waals surface area contributed by atoms with Crippen LogP contribution in [-0.2, 0) is 6.42 Å². The van der Waals surface area contributed by atoms with Crippen molar-refractivity contribution in [2.45, 2.75) is 19.4 Å². The van der Waals surface area contributed by atoms with Gasteiger partial charge in [-0.2, -0.15) is 0 Å². The molecule has 18 heavy (non-hydrogen) atoms. The van der Waals surface area contributed by atoms with Crippen LogP contribution in [0.25, 0.3) is 0 Å². The van der Waals surface area contributed by atoms with Gasteiger partial charge in [0.05, 0.1) is 6.04 Å². The van der Waals surface area contributed by atoms with E-state index in [4.69, 9.17) is 5.84 Å². The van der Waals surface area contributed by atoms with Crippen LogP contribution >= 0.6 is 43.2 Å². The van der Waals surface area contributed by atoms with E-state index in [1.165, 1.54) is 16.0 Å². The predicted molar refractivity (Wildman–Crippen MR) is 84.7 cm³/mol. The average Bonchev–Trinajstić information content (AvgIpc) is 2.75. The maximum absolute atomic E-state index is 5.68. The first-order chi connectivity index (χ1) is 8.60. The summed E-state index contributed by atoms with van der Waals surface area (Å²) in [6.45, 7) is 2.08. The molecule has 0 saturated carbocycles. The Labute approximate surface area is 128 Å². The van der Waals surface area contributed by atoms with E-state index in [1.807, 2.05) is 0 Å². The Balaban J connectivity index is 2.19. The van der Waals surface area contributed by atoms with E-state index in [0.29, 0.717) is 0 Å². The molecule has 0 radical (unpaired) electrons. The lowest BCUT2D eigenvalue weighted by molar-refractivity contribution is 0.555. The molecular formula is C13H14Br2N2S. The summed E-state index contributed by atoms with van der Waals surface area (Å²) in [7, 11) is 0. The van der Waals surface area contributed by atoms with Gasteiger partial charge in [-0.3, -0.25) is 11.3 Å². The zero-order valence-electron chi connectivity index (χ0n) is 9.91. The van der Waals surface area contributed by atoms with Crippen molar-refractivity contribution in [3.05, 3.63) is 54.6 Å². The monoisotopic (exact) mass is 388 g/mol. The molecule has 1 heterocycles. The number of hydrazine groups is 1. The lowest BCUT2D eigenvalue weighted by Gasteiger charge is -2.16. The van der Waals surface area contributed by atoms with E-state index in [1.54, 1.807) is 11.3 Å². The van der Waals surface area contributed by atoms with Gasteiger partial charge in [-0.15, -0.1) is 11.3 Å². The Morgan fingerprint density at radius 3 is 2.67 bits per heavy atom. The molecular weight excluding hydrogens is 376 g/mol. The van der Waals surface area contributed by atoms with E-state index < -0.39 is 0 Å². The third-order valence-corrected chi connectivity index (χ3v) is 5.40. The Kier molecular flexibility index (Phi) is 4.98. The Hall–Kier alpha value is -0.200. The second-order valence-electron chi connectivity index (χ2n) is 4.16. The maximum Gasteiger partial charge on any atom is 0.0508 e. The van der Waals surface area contributed by atoms with Crippen molar-refractivity contribution >= 4 is 43.2 Å². The summed E-state index contributed by atoms with van der Waals surface area (Å²) in [6.07, 6.45) is 0.891. The Morgan fingerprint density at radius 2 is 2.11 bits per heavy atom. The van der Waals surface area contributed by atoms with Crippen molar-refractivity contribution in [3.8, 4) is 0 Å². The highest BCUT2D eigenvalue weighted by Crippen LogP contribution is 2.27. The molecule has 0 saturated heterocycles. The number of nitrogens with one attached hydrogen (secondary N) is 1. The van der Waals surface area contributed by atoms with E-state index in [0.717, 1.165) is 15.4 Å². The van der Waals surface area contributed by atoms with Gasteiger partial charge in [-0.1, -0.05) is 28.1 Å². The van der Waals surface area contributed by atoms with E-state index in [-0.39, 0.29) is 6.04 Å². The number of hydrogen-bond donors (Lipinski definition) is 2. The van der Waals surface area contributed by atoms with Crippen LogP contribution < -0.4 is 11.3 Å². The van der Waals surface area contributed by atoms with Crippen LogP contribution in [-0.4, -0.2) is 0 Å². The number of aryl methyl sites for hydroxylation is 1. The molecule has 0 aliphatic rings. The topological polar surface area (TPSA) is 38.0 Å². The van der Waals surface area contributed by atoms with Crippen molar-refractivity contribution in [3.63, 3.8) is 0 Å². The largest absolute Gasteiger partial charge is 0.271 e. The van der Waals surface area contributed by atoms with Gasteiger partial charge in [-0.05, 0) is 46.1 Å². The fourth-order valence-corrected chi connectivity index (χ4v) is 3.66. The van der Waals surface area contributed by atoms with Crippen LogP contribution in [0.1, 0.15) is 22.0 Å². The Bertz CT molecular complexity index is 540. The van der Waals surface area contributed by atoms with Crippen LogP contribution in [0.15, 0.2) is 38.6 Å². The van der Waals surface area contributed by atoms with Crippen molar-refractivity contribution in [1.29, 1.82) is 0 Å². The van der Waals surface area contributed by atoms with Gasteiger partial charge in [-0.25, -0.2) is 0 Å². The van der Waals surface area contributed by atoms with Gasteiger partial charge in [0.15, 0.2) is 0 Å². The summed E-state index contributed by atoms with van der Waals surface area (Å²) < 4.78 is 2.25. The highest BCUT2D eigenvalue weighted by molar-refractivity contribution is 9.10. The second-order valence-corrected chi connectivity index (χ2v) is 6.93. The van der Waals surface area contributed by atoms with E-state index in [9.17, 15) is 0 Å². The molecule has 2 rings (SSSR count). The molecule has 2 nitrogen and oxygen atoms in total. The second kappa shape index (κ2) is 6.30. The fraction of sp³-hybridized carbons (Fsp3) is 0.231. The first-order valence-corrected chi connectivity index (χ1v) is 8.02. The highest BCUT2D eigenvalue weighted by atomic mass is 79.9. The molecule has 0 bridgehead atoms. The standard InChI is InChI=1S/C13H14Br2N2S/c1-8-2-3-9(4-12(8)15)13(17-16)6-11-5-10(14)7-18-11/h2-5,7,13,17H,6,16H2,1H3. The SMILES string of the molecule is Cc1ccc(C(Cc2cc(Br)cs2)NN)cc1Br. The molecule has 0 aliphatic heterocycles. The molecule has 0 fully saturated rings. The fourth-order valence-electron chi connectivity index (χ4n) is 1.76. The number of halogens is 2. The van der Waals surface area contributed by atoms with Gasteiger partial charge in [0.1, 0.15) is 0 Å². The molecule has 96 valence electrons. The summed E-state index contributed by atoms with van der Waals surface area (Å²) in [6, 6.07) is 8.62. The van der Waals surface area contributed by atoms with Gasteiger partial charge >= 0.3 is 0 Å². The summed E-state index contributed by atoms with van der Waals surface area (Å²) in [4.78, 5) is 1.31. The maximum atomic E-state index is 5.68. The highest BCUT2D eigenvalue weighted by Gasteiger charge is 2.12. The van der Waals surface area contributed by atoms with Gasteiger partial charge in [0, 0.05) is 25.6 Å². The molecule has 0 spiro atoms. The van der Waals surface area contributed by atoms with Crippen LogP contribution in [0.4, 0.5) is 0 Å². The smallest absolute Gasteiger partial charge is 0.0508 e. The van der Waals surface area contributed by atoms with Gasteiger partial charge in [0.2, 0.25) is 0 Å². The van der Waals surface area contributed by atoms with Gasteiger partial charge < -0.3 is 0 Å². The van der Waals surface area contributed by atoms with Crippen LogP contribution in [0.3, 0.4) is 0 Å². The van der Waals surface area contributed by atoms with Crippen molar-refractivity contribution in [2.24, 2.45) is 5.84 Å². The summed E-state index contributed by atoms with van der Waals surface area (Å²) in [5.41, 5.74) is 5.32. The minimum absolute atomic E-state index is 0.132. The normalized spacial score (nSPS) is 12.7. The predicted octanol–water partition coefficient (Wildman–Crippen LogP) is 4.33. The van der Waals surface area contributed by atoms with Crippen LogP contribution in [0.5, 0.6) is 0 Å². The lowest BCUT2D eigenvalue weighted by atomic mass is 10.0. The zero-order valence-corrected chi connectivity index (χ0v) is 13.9. The minimum Gasteiger partial charge on any atom is -0.271 e.